The Balaban J connectivity index is 1.74. The molecule has 0 aliphatic carbocycles. The lowest BCUT2D eigenvalue weighted by molar-refractivity contribution is -0.129. The average molecular weight is 452 g/mol. The maximum Gasteiger partial charge on any atom is 0.337 e. The van der Waals surface area contributed by atoms with E-state index in [1.165, 1.54) is 5.01 Å². The number of hydrogen-bond acceptors (Lipinski definition) is 6. The fourth-order valence-electron chi connectivity index (χ4n) is 4.10. The van der Waals surface area contributed by atoms with E-state index in [4.69, 9.17) is 14.6 Å². The minimum absolute atomic E-state index is 0.106. The van der Waals surface area contributed by atoms with Crippen LogP contribution < -0.4 is 19.7 Å². The number of carbonyl (C=O) groups excluding carboxylic acids is 2. The second kappa shape index (κ2) is 9.40. The molecule has 0 spiro atoms. The van der Waals surface area contributed by atoms with Gasteiger partial charge in [0.2, 0.25) is 5.91 Å². The highest BCUT2D eigenvalue weighted by atomic mass is 16.5. The zero-order chi connectivity index (χ0) is 23.5. The summed E-state index contributed by atoms with van der Waals surface area (Å²) < 4.78 is 11.0. The molecular weight excluding hydrogens is 422 g/mol. The van der Waals surface area contributed by atoms with Crippen molar-refractivity contribution in [2.24, 2.45) is 5.10 Å². The van der Waals surface area contributed by atoms with Gasteiger partial charge in [-0.25, -0.2) is 9.80 Å². The van der Waals surface area contributed by atoms with Gasteiger partial charge >= 0.3 is 6.03 Å². The number of urea groups is 1. The normalized spacial score (nSPS) is 16.1. The first-order chi connectivity index (χ1) is 15.9. The van der Waals surface area contributed by atoms with Gasteiger partial charge in [-0.15, -0.1) is 0 Å². The van der Waals surface area contributed by atoms with Gasteiger partial charge in [-0.3, -0.25) is 4.79 Å². The Morgan fingerprint density at radius 2 is 1.73 bits per heavy atom. The van der Waals surface area contributed by atoms with Crippen molar-refractivity contribution in [3.8, 4) is 11.5 Å². The van der Waals surface area contributed by atoms with Gasteiger partial charge < -0.3 is 24.6 Å². The zero-order valence-electron chi connectivity index (χ0n) is 19.4. The molecule has 2 heterocycles. The third-order valence-corrected chi connectivity index (χ3v) is 6.09. The summed E-state index contributed by atoms with van der Waals surface area (Å²) in [6.07, 6.45) is 0.623. The molecule has 0 radical (unpaired) electrons. The molecule has 1 fully saturated rings. The highest BCUT2D eigenvalue weighted by Gasteiger charge is 2.25. The third kappa shape index (κ3) is 4.44. The van der Waals surface area contributed by atoms with Crippen LogP contribution in [-0.4, -0.2) is 82.1 Å². The summed E-state index contributed by atoms with van der Waals surface area (Å²) in [6.45, 7) is 2.28. The third-order valence-electron chi connectivity index (χ3n) is 6.09. The molecule has 174 valence electrons. The van der Waals surface area contributed by atoms with E-state index in [0.717, 1.165) is 28.9 Å². The lowest BCUT2D eigenvalue weighted by atomic mass is 9.95. The number of nitrogens with zero attached hydrogens (tertiary/aromatic N) is 4. The Bertz CT molecular complexity index is 1080. The lowest BCUT2D eigenvalue weighted by Gasteiger charge is -2.33. The first kappa shape index (κ1) is 22.4. The maximum absolute atomic E-state index is 12.4. The largest absolute Gasteiger partial charge is 0.493 e. The van der Waals surface area contributed by atoms with Gasteiger partial charge in [-0.2, -0.15) is 5.10 Å². The Hall–Kier alpha value is -3.75. The Morgan fingerprint density at radius 1 is 1.03 bits per heavy atom. The van der Waals surface area contributed by atoms with Gasteiger partial charge in [0.25, 0.3) is 0 Å². The van der Waals surface area contributed by atoms with E-state index in [9.17, 15) is 9.59 Å². The number of amides is 3. The van der Waals surface area contributed by atoms with Crippen LogP contribution in [0.4, 0.5) is 10.5 Å². The second-order valence-corrected chi connectivity index (χ2v) is 8.02. The van der Waals surface area contributed by atoms with Crippen LogP contribution in [0.3, 0.4) is 0 Å². The summed E-state index contributed by atoms with van der Waals surface area (Å²) in [5.41, 5.74) is 4.43. The number of likely N-dealkylation sites (N-methyl/N-ethyl adjacent to an activating group) is 1. The van der Waals surface area contributed by atoms with Gasteiger partial charge in [-0.1, -0.05) is 12.1 Å². The molecule has 2 aliphatic heterocycles. The Kier molecular flexibility index (Phi) is 6.39. The summed E-state index contributed by atoms with van der Waals surface area (Å²) in [6, 6.07) is 11.5. The Labute approximate surface area is 193 Å². The van der Waals surface area contributed by atoms with Crippen molar-refractivity contribution in [1.82, 2.24) is 15.2 Å². The molecule has 0 saturated carbocycles. The standard InChI is InChI=1S/C24H29N5O4/c1-25-24(31)29-10-9-17-13-20(32-3)21(33-4)14-19(17)23(26-29)16-5-7-18(8-6-16)28-12-11-27(2)22(30)15-28/h5-8,13-14H,9-12,15H2,1-4H3,(H,25,31). The van der Waals surface area contributed by atoms with Crippen molar-refractivity contribution in [3.05, 3.63) is 53.1 Å². The quantitative estimate of drug-likeness (QED) is 0.768. The number of benzene rings is 2. The minimum atomic E-state index is -0.271. The molecule has 9 nitrogen and oxygen atoms in total. The molecule has 1 N–H and O–H groups in total. The number of methoxy groups -OCH3 is 2. The topological polar surface area (TPSA) is 86.7 Å². The second-order valence-electron chi connectivity index (χ2n) is 8.02. The number of rotatable bonds is 4. The van der Waals surface area contributed by atoms with Crippen LogP contribution in [0.5, 0.6) is 11.5 Å². The van der Waals surface area contributed by atoms with E-state index in [1.807, 2.05) is 43.4 Å². The average Bonchev–Trinajstić information content (AvgIpc) is 3.03. The van der Waals surface area contributed by atoms with E-state index < -0.39 is 0 Å². The van der Waals surface area contributed by atoms with Crippen LogP contribution >= 0.6 is 0 Å². The summed E-state index contributed by atoms with van der Waals surface area (Å²) in [5.74, 6) is 1.35. The molecule has 0 aromatic heterocycles. The molecule has 0 unspecified atom stereocenters. The van der Waals surface area contributed by atoms with Crippen molar-refractivity contribution < 1.29 is 19.1 Å². The number of anilines is 1. The predicted molar refractivity (Wildman–Crippen MR) is 126 cm³/mol. The molecule has 2 aliphatic rings. The monoisotopic (exact) mass is 451 g/mol. The van der Waals surface area contributed by atoms with Crippen LogP contribution in [0.1, 0.15) is 16.7 Å². The van der Waals surface area contributed by atoms with Gasteiger partial charge in [-0.05, 0) is 36.2 Å². The number of ether oxygens (including phenoxy) is 2. The summed E-state index contributed by atoms with van der Waals surface area (Å²) in [7, 11) is 6.62. The number of nitrogens with one attached hydrogen (secondary N) is 1. The number of piperazine rings is 1. The highest BCUT2D eigenvalue weighted by Crippen LogP contribution is 2.34. The molecule has 2 aromatic rings. The van der Waals surface area contributed by atoms with Gasteiger partial charge in [0.05, 0.1) is 33.0 Å². The van der Waals surface area contributed by atoms with Gasteiger partial charge in [0.1, 0.15) is 0 Å². The van der Waals surface area contributed by atoms with Crippen molar-refractivity contribution >= 4 is 23.3 Å². The van der Waals surface area contributed by atoms with E-state index in [0.29, 0.717) is 43.3 Å². The molecule has 0 atom stereocenters. The fourth-order valence-corrected chi connectivity index (χ4v) is 4.10. The van der Waals surface area contributed by atoms with Crippen molar-refractivity contribution in [2.45, 2.75) is 6.42 Å². The van der Waals surface area contributed by atoms with Crippen LogP contribution in [0.2, 0.25) is 0 Å². The summed E-state index contributed by atoms with van der Waals surface area (Å²) in [4.78, 5) is 28.4. The van der Waals surface area contributed by atoms with E-state index >= 15 is 0 Å². The van der Waals surface area contributed by atoms with E-state index in [2.05, 4.69) is 10.2 Å². The minimum Gasteiger partial charge on any atom is -0.493 e. The molecule has 2 aromatic carbocycles. The molecule has 3 amide bonds. The van der Waals surface area contributed by atoms with Crippen LogP contribution in [0.15, 0.2) is 41.5 Å². The molecule has 1 saturated heterocycles. The molecular formula is C24H29N5O4. The van der Waals surface area contributed by atoms with Crippen molar-refractivity contribution in [2.75, 3.05) is 59.4 Å². The maximum atomic E-state index is 12.4. The SMILES string of the molecule is CNC(=O)N1CCc2cc(OC)c(OC)cc2C(c2ccc(N3CCN(C)C(=O)C3)cc2)=N1. The van der Waals surface area contributed by atoms with Crippen molar-refractivity contribution in [3.63, 3.8) is 0 Å². The van der Waals surface area contributed by atoms with Crippen LogP contribution in [-0.2, 0) is 11.2 Å². The number of carbonyl (C=O) groups is 2. The summed E-state index contributed by atoms with van der Waals surface area (Å²) >= 11 is 0. The smallest absolute Gasteiger partial charge is 0.337 e. The molecule has 4 rings (SSSR count). The molecule has 9 heteroatoms. The number of hydrazone groups is 1. The number of fused-ring (bicyclic) bond motifs is 1. The van der Waals surface area contributed by atoms with E-state index in [1.54, 1.807) is 26.2 Å². The van der Waals surface area contributed by atoms with Gasteiger partial charge in [0.15, 0.2) is 11.5 Å². The first-order valence-electron chi connectivity index (χ1n) is 10.9. The van der Waals surface area contributed by atoms with Crippen molar-refractivity contribution in [1.29, 1.82) is 0 Å². The predicted octanol–water partition coefficient (Wildman–Crippen LogP) is 1.93. The zero-order valence-corrected chi connectivity index (χ0v) is 19.4. The van der Waals surface area contributed by atoms with Crippen LogP contribution in [0, 0.1) is 0 Å². The van der Waals surface area contributed by atoms with Gasteiger partial charge in [0, 0.05) is 44.0 Å². The molecule has 33 heavy (non-hydrogen) atoms. The highest BCUT2D eigenvalue weighted by molar-refractivity contribution is 6.14. The van der Waals surface area contributed by atoms with E-state index in [-0.39, 0.29) is 11.9 Å². The molecule has 0 bridgehead atoms. The first-order valence-corrected chi connectivity index (χ1v) is 10.9. The fraction of sp³-hybridized carbons (Fsp3) is 0.375. The number of hydrogen-bond donors (Lipinski definition) is 1. The Morgan fingerprint density at radius 3 is 2.36 bits per heavy atom. The summed E-state index contributed by atoms with van der Waals surface area (Å²) in [5, 5.41) is 8.82. The van der Waals surface area contributed by atoms with Crippen LogP contribution in [0.25, 0.3) is 0 Å². The lowest BCUT2D eigenvalue weighted by Crippen LogP contribution is -2.48.